The van der Waals surface area contributed by atoms with Crippen LogP contribution in [0.2, 0.25) is 0 Å². The molecule has 0 fully saturated rings. The molecule has 80 valence electrons. The van der Waals surface area contributed by atoms with E-state index in [4.69, 9.17) is 10.4 Å². The van der Waals surface area contributed by atoms with Crippen LogP contribution >= 0.6 is 17.0 Å². The Hall–Kier alpha value is -1.86. The van der Waals surface area contributed by atoms with Crippen LogP contribution in [0.5, 0.6) is 0 Å². The van der Waals surface area contributed by atoms with Crippen LogP contribution in [0.25, 0.3) is 10.8 Å². The number of benzene rings is 2. The van der Waals surface area contributed by atoms with Crippen LogP contribution in [0.15, 0.2) is 36.4 Å². The maximum Gasteiger partial charge on any atom is 0.336 e. The highest BCUT2D eigenvalue weighted by Crippen LogP contribution is 2.22. The summed E-state index contributed by atoms with van der Waals surface area (Å²) < 4.78 is 0. The van der Waals surface area contributed by atoms with Crippen molar-refractivity contribution in [3.8, 4) is 6.07 Å². The van der Waals surface area contributed by atoms with Gasteiger partial charge in [-0.3, -0.25) is 0 Å². The fourth-order valence-electron chi connectivity index (χ4n) is 1.58. The highest BCUT2D eigenvalue weighted by atomic mass is 79.9. The van der Waals surface area contributed by atoms with E-state index in [9.17, 15) is 4.79 Å². The van der Waals surface area contributed by atoms with Crippen molar-refractivity contribution in [3.63, 3.8) is 0 Å². The largest absolute Gasteiger partial charge is 0.478 e. The predicted molar refractivity (Wildman–Crippen MR) is 65.9 cm³/mol. The van der Waals surface area contributed by atoms with Gasteiger partial charge in [-0.25, -0.2) is 4.79 Å². The van der Waals surface area contributed by atoms with Crippen molar-refractivity contribution >= 4 is 33.7 Å². The zero-order valence-corrected chi connectivity index (χ0v) is 9.89. The monoisotopic (exact) mass is 277 g/mol. The molecule has 0 aliphatic carbocycles. The second-order valence-electron chi connectivity index (χ2n) is 3.12. The molecular weight excluding hydrogens is 270 g/mol. The van der Waals surface area contributed by atoms with Crippen LogP contribution in [0, 0.1) is 11.3 Å². The van der Waals surface area contributed by atoms with Gasteiger partial charge in [-0.2, -0.15) is 5.26 Å². The molecule has 0 aliphatic heterocycles. The first-order valence-corrected chi connectivity index (χ1v) is 4.39. The summed E-state index contributed by atoms with van der Waals surface area (Å²) in [5, 5.41) is 19.1. The van der Waals surface area contributed by atoms with Crippen molar-refractivity contribution in [1.82, 2.24) is 0 Å². The van der Waals surface area contributed by atoms with Gasteiger partial charge in [0.05, 0.1) is 17.2 Å². The Labute approximate surface area is 103 Å². The lowest BCUT2D eigenvalue weighted by Crippen LogP contribution is -1.97. The van der Waals surface area contributed by atoms with E-state index in [1.165, 1.54) is 12.1 Å². The van der Waals surface area contributed by atoms with Crippen LogP contribution < -0.4 is 0 Å². The SMILES string of the molecule is Br.N#Cc1ccc(C(=O)O)c2ccccc12. The molecule has 0 saturated carbocycles. The van der Waals surface area contributed by atoms with Crippen molar-refractivity contribution < 1.29 is 9.90 Å². The average Bonchev–Trinajstić information content (AvgIpc) is 2.27. The van der Waals surface area contributed by atoms with Crippen LogP contribution in [0.1, 0.15) is 15.9 Å². The van der Waals surface area contributed by atoms with Gasteiger partial charge in [0.15, 0.2) is 0 Å². The molecule has 0 unspecified atom stereocenters. The first kappa shape index (κ1) is 12.2. The third-order valence-corrected chi connectivity index (χ3v) is 2.27. The highest BCUT2D eigenvalue weighted by molar-refractivity contribution is 8.93. The Morgan fingerprint density at radius 1 is 1.12 bits per heavy atom. The number of fused-ring (bicyclic) bond motifs is 1. The maximum absolute atomic E-state index is 10.9. The van der Waals surface area contributed by atoms with Crippen molar-refractivity contribution in [3.05, 3.63) is 47.5 Å². The summed E-state index contributed by atoms with van der Waals surface area (Å²) in [4.78, 5) is 10.9. The molecule has 0 amide bonds. The van der Waals surface area contributed by atoms with Crippen molar-refractivity contribution in [2.75, 3.05) is 0 Å². The number of rotatable bonds is 1. The number of nitriles is 1. The van der Waals surface area contributed by atoms with E-state index in [1.807, 2.05) is 6.07 Å². The normalized spacial score (nSPS) is 9.19. The minimum absolute atomic E-state index is 0. The Balaban J connectivity index is 0.00000128. The van der Waals surface area contributed by atoms with Gasteiger partial charge >= 0.3 is 5.97 Å². The number of hydrogen-bond donors (Lipinski definition) is 1. The van der Waals surface area contributed by atoms with Crippen LogP contribution in [0.4, 0.5) is 0 Å². The number of halogens is 1. The third-order valence-electron chi connectivity index (χ3n) is 2.27. The van der Waals surface area contributed by atoms with Gasteiger partial charge in [-0.15, -0.1) is 17.0 Å². The summed E-state index contributed by atoms with van der Waals surface area (Å²) in [6, 6.07) is 12.0. The number of carboxylic acids is 1. The second-order valence-corrected chi connectivity index (χ2v) is 3.12. The number of aromatic carboxylic acids is 1. The van der Waals surface area contributed by atoms with E-state index in [0.717, 1.165) is 0 Å². The lowest BCUT2D eigenvalue weighted by atomic mass is 10.0. The van der Waals surface area contributed by atoms with Crippen molar-refractivity contribution in [2.45, 2.75) is 0 Å². The molecule has 0 heterocycles. The quantitative estimate of drug-likeness (QED) is 0.872. The molecule has 2 aromatic carbocycles. The first-order valence-electron chi connectivity index (χ1n) is 4.39. The van der Waals surface area contributed by atoms with E-state index >= 15 is 0 Å². The molecule has 0 aromatic heterocycles. The van der Waals surface area contributed by atoms with E-state index in [-0.39, 0.29) is 22.5 Å². The minimum Gasteiger partial charge on any atom is -0.478 e. The number of carboxylic acid groups (broad SMARTS) is 1. The Kier molecular flexibility index (Phi) is 3.64. The number of carbonyl (C=O) groups is 1. The summed E-state index contributed by atoms with van der Waals surface area (Å²) in [6.07, 6.45) is 0. The minimum atomic E-state index is -0.976. The van der Waals surface area contributed by atoms with Crippen LogP contribution in [-0.2, 0) is 0 Å². The van der Waals surface area contributed by atoms with Gasteiger partial charge in [0.2, 0.25) is 0 Å². The Morgan fingerprint density at radius 2 is 1.75 bits per heavy atom. The molecule has 0 aliphatic rings. The third kappa shape index (κ3) is 1.90. The molecule has 1 N–H and O–H groups in total. The maximum atomic E-state index is 10.9. The fourth-order valence-corrected chi connectivity index (χ4v) is 1.58. The average molecular weight is 278 g/mol. The zero-order valence-electron chi connectivity index (χ0n) is 8.18. The molecule has 0 atom stereocenters. The van der Waals surface area contributed by atoms with Gasteiger partial charge < -0.3 is 5.11 Å². The van der Waals surface area contributed by atoms with Gasteiger partial charge in [0, 0.05) is 5.39 Å². The van der Waals surface area contributed by atoms with Crippen molar-refractivity contribution in [2.24, 2.45) is 0 Å². The van der Waals surface area contributed by atoms with Gasteiger partial charge in [-0.1, -0.05) is 24.3 Å². The topological polar surface area (TPSA) is 61.1 Å². The molecule has 16 heavy (non-hydrogen) atoms. The fraction of sp³-hybridized carbons (Fsp3) is 0. The molecule has 3 nitrogen and oxygen atoms in total. The molecule has 4 heteroatoms. The molecule has 0 spiro atoms. The molecule has 2 aromatic rings. The summed E-state index contributed by atoms with van der Waals surface area (Å²) in [5.41, 5.74) is 0.722. The lowest BCUT2D eigenvalue weighted by molar-refractivity contribution is 0.0699. The lowest BCUT2D eigenvalue weighted by Gasteiger charge is -2.03. The second kappa shape index (κ2) is 4.77. The van der Waals surface area contributed by atoms with Crippen LogP contribution in [0.3, 0.4) is 0 Å². The molecule has 0 bridgehead atoms. The molecule has 2 rings (SSSR count). The summed E-state index contributed by atoms with van der Waals surface area (Å²) in [5.74, 6) is -0.976. The summed E-state index contributed by atoms with van der Waals surface area (Å²) in [7, 11) is 0. The Bertz CT molecular complexity index is 587. The van der Waals surface area contributed by atoms with E-state index < -0.39 is 5.97 Å². The van der Waals surface area contributed by atoms with Crippen LogP contribution in [-0.4, -0.2) is 11.1 Å². The van der Waals surface area contributed by atoms with E-state index in [2.05, 4.69) is 0 Å². The zero-order chi connectivity index (χ0) is 10.8. The smallest absolute Gasteiger partial charge is 0.336 e. The van der Waals surface area contributed by atoms with Gasteiger partial charge in [0.25, 0.3) is 0 Å². The molecule has 0 saturated heterocycles. The van der Waals surface area contributed by atoms with Gasteiger partial charge in [0.1, 0.15) is 0 Å². The number of hydrogen-bond acceptors (Lipinski definition) is 2. The highest BCUT2D eigenvalue weighted by Gasteiger charge is 2.09. The summed E-state index contributed by atoms with van der Waals surface area (Å²) >= 11 is 0. The van der Waals surface area contributed by atoms with Gasteiger partial charge in [-0.05, 0) is 17.5 Å². The predicted octanol–water partition coefficient (Wildman–Crippen LogP) is 2.99. The Morgan fingerprint density at radius 3 is 2.31 bits per heavy atom. The summed E-state index contributed by atoms with van der Waals surface area (Å²) in [6.45, 7) is 0. The molecular formula is C12H8BrNO2. The van der Waals surface area contributed by atoms with E-state index in [1.54, 1.807) is 24.3 Å². The number of nitrogens with zero attached hydrogens (tertiary/aromatic N) is 1. The first-order chi connectivity index (χ1) is 7.24. The standard InChI is InChI=1S/C12H7NO2.BrH/c13-7-8-5-6-11(12(14)15)10-4-2-1-3-9(8)10;/h1-6H,(H,14,15);1H. The van der Waals surface area contributed by atoms with Crippen molar-refractivity contribution in [1.29, 1.82) is 5.26 Å². The van der Waals surface area contributed by atoms with E-state index in [0.29, 0.717) is 16.3 Å². The molecule has 0 radical (unpaired) electrons.